The molecular formula is C21H20ClN3O3S. The van der Waals surface area contributed by atoms with Crippen molar-refractivity contribution in [3.63, 3.8) is 0 Å². The van der Waals surface area contributed by atoms with Gasteiger partial charge in [-0.2, -0.15) is 0 Å². The number of hydrogen-bond donors (Lipinski definition) is 0. The molecule has 0 saturated heterocycles. The molecule has 2 aromatic heterocycles. The summed E-state index contributed by atoms with van der Waals surface area (Å²) in [6.45, 7) is 1.05. The second-order valence-corrected chi connectivity index (χ2v) is 7.72. The van der Waals surface area contributed by atoms with E-state index in [2.05, 4.69) is 4.98 Å². The number of fused-ring (bicyclic) bond motifs is 2. The van der Waals surface area contributed by atoms with Gasteiger partial charge in [-0.1, -0.05) is 41.7 Å². The van der Waals surface area contributed by atoms with Gasteiger partial charge in [0.2, 0.25) is 0 Å². The first-order valence-electron chi connectivity index (χ1n) is 8.88. The van der Waals surface area contributed by atoms with Crippen molar-refractivity contribution in [3.05, 3.63) is 70.6 Å². The van der Waals surface area contributed by atoms with E-state index in [4.69, 9.17) is 4.42 Å². The summed E-state index contributed by atoms with van der Waals surface area (Å²) in [4.78, 5) is 33.9. The minimum absolute atomic E-state index is 0. The molecule has 0 aliphatic rings. The van der Waals surface area contributed by atoms with Crippen LogP contribution in [0, 0.1) is 0 Å². The molecule has 2 heterocycles. The Bertz CT molecular complexity index is 1190. The molecule has 150 valence electrons. The average molecular weight is 430 g/mol. The summed E-state index contributed by atoms with van der Waals surface area (Å²) >= 11 is 1.43. The van der Waals surface area contributed by atoms with E-state index >= 15 is 0 Å². The number of benzene rings is 2. The van der Waals surface area contributed by atoms with Crippen molar-refractivity contribution in [1.29, 1.82) is 0 Å². The smallest absolute Gasteiger partial charge is 0.349 e. The van der Waals surface area contributed by atoms with Crippen molar-refractivity contribution >= 4 is 56.0 Å². The van der Waals surface area contributed by atoms with E-state index in [9.17, 15) is 9.59 Å². The SMILES string of the molecule is CN(C)CCN(C(=O)c1cc2ccccc2oc1=O)c1nc2ccccc2s1.Cl. The van der Waals surface area contributed by atoms with Crippen LogP contribution in [0.2, 0.25) is 0 Å². The Hall–Kier alpha value is -2.74. The summed E-state index contributed by atoms with van der Waals surface area (Å²) in [5.41, 5.74) is 0.663. The molecule has 6 nitrogen and oxygen atoms in total. The summed E-state index contributed by atoms with van der Waals surface area (Å²) < 4.78 is 6.35. The molecule has 0 saturated carbocycles. The van der Waals surface area contributed by atoms with E-state index in [1.54, 1.807) is 23.1 Å². The van der Waals surface area contributed by atoms with Crippen molar-refractivity contribution in [2.75, 3.05) is 32.1 Å². The number of anilines is 1. The Kier molecular flexibility index (Phi) is 6.32. The van der Waals surface area contributed by atoms with Gasteiger partial charge in [0.25, 0.3) is 5.91 Å². The van der Waals surface area contributed by atoms with Crippen LogP contribution in [-0.2, 0) is 0 Å². The highest BCUT2D eigenvalue weighted by Crippen LogP contribution is 2.29. The quantitative estimate of drug-likeness (QED) is 0.448. The number of likely N-dealkylation sites (N-methyl/N-ethyl adjacent to an activating group) is 1. The fourth-order valence-electron chi connectivity index (χ4n) is 2.92. The fourth-order valence-corrected chi connectivity index (χ4v) is 3.91. The maximum atomic E-state index is 13.3. The highest BCUT2D eigenvalue weighted by atomic mass is 35.5. The third-order valence-corrected chi connectivity index (χ3v) is 5.46. The van der Waals surface area contributed by atoms with Gasteiger partial charge in [-0.15, -0.1) is 12.4 Å². The molecule has 0 fully saturated rings. The molecule has 0 N–H and O–H groups in total. The zero-order valence-corrected chi connectivity index (χ0v) is 17.6. The minimum atomic E-state index is -0.639. The van der Waals surface area contributed by atoms with E-state index in [1.807, 2.05) is 55.4 Å². The molecule has 2 aromatic carbocycles. The molecule has 4 rings (SSSR count). The van der Waals surface area contributed by atoms with Gasteiger partial charge in [-0.25, -0.2) is 9.78 Å². The summed E-state index contributed by atoms with van der Waals surface area (Å²) in [5, 5.41) is 1.28. The number of nitrogens with zero attached hydrogens (tertiary/aromatic N) is 3. The van der Waals surface area contributed by atoms with E-state index in [1.165, 1.54) is 11.3 Å². The summed E-state index contributed by atoms with van der Waals surface area (Å²) in [6, 6.07) is 16.5. The highest BCUT2D eigenvalue weighted by Gasteiger charge is 2.24. The summed E-state index contributed by atoms with van der Waals surface area (Å²) in [6.07, 6.45) is 0. The van der Waals surface area contributed by atoms with Crippen molar-refractivity contribution in [2.45, 2.75) is 0 Å². The number of rotatable bonds is 5. The maximum Gasteiger partial charge on any atom is 0.349 e. The van der Waals surface area contributed by atoms with Crippen LogP contribution >= 0.6 is 23.7 Å². The Morgan fingerprint density at radius 2 is 1.79 bits per heavy atom. The number of thiazole rings is 1. The van der Waals surface area contributed by atoms with Crippen LogP contribution in [0.3, 0.4) is 0 Å². The zero-order valence-electron chi connectivity index (χ0n) is 16.0. The van der Waals surface area contributed by atoms with Crippen LogP contribution in [0.5, 0.6) is 0 Å². The van der Waals surface area contributed by atoms with E-state index in [0.29, 0.717) is 29.2 Å². The molecular weight excluding hydrogens is 410 g/mol. The number of aromatic nitrogens is 1. The lowest BCUT2D eigenvalue weighted by Crippen LogP contribution is -2.38. The first-order valence-corrected chi connectivity index (χ1v) is 9.69. The van der Waals surface area contributed by atoms with Crippen molar-refractivity contribution < 1.29 is 9.21 Å². The third-order valence-electron chi connectivity index (χ3n) is 4.40. The summed E-state index contributed by atoms with van der Waals surface area (Å²) in [7, 11) is 3.87. The van der Waals surface area contributed by atoms with Gasteiger partial charge < -0.3 is 9.32 Å². The van der Waals surface area contributed by atoms with Gasteiger partial charge in [0, 0.05) is 18.5 Å². The average Bonchev–Trinajstić information content (AvgIpc) is 3.11. The van der Waals surface area contributed by atoms with Crippen LogP contribution in [0.1, 0.15) is 10.4 Å². The van der Waals surface area contributed by atoms with Gasteiger partial charge in [-0.3, -0.25) is 9.69 Å². The van der Waals surface area contributed by atoms with Crippen molar-refractivity contribution in [2.24, 2.45) is 0 Å². The molecule has 0 radical (unpaired) electrons. The van der Waals surface area contributed by atoms with Gasteiger partial charge in [0.1, 0.15) is 11.1 Å². The van der Waals surface area contributed by atoms with Crippen LogP contribution < -0.4 is 10.5 Å². The molecule has 29 heavy (non-hydrogen) atoms. The van der Waals surface area contributed by atoms with Crippen LogP contribution in [0.25, 0.3) is 21.2 Å². The second kappa shape index (κ2) is 8.73. The lowest BCUT2D eigenvalue weighted by Gasteiger charge is -2.21. The lowest BCUT2D eigenvalue weighted by atomic mass is 10.1. The molecule has 8 heteroatoms. The molecule has 0 aliphatic heterocycles. The minimum Gasteiger partial charge on any atom is -0.422 e. The van der Waals surface area contributed by atoms with Gasteiger partial charge in [0.15, 0.2) is 5.13 Å². The Labute approximate surface area is 177 Å². The van der Waals surface area contributed by atoms with E-state index in [0.717, 1.165) is 10.2 Å². The standard InChI is InChI=1S/C21H19N3O3S.ClH/c1-23(2)11-12-24(21-22-16-8-4-6-10-18(16)28-21)19(25)15-13-14-7-3-5-9-17(14)27-20(15)26;/h3-10,13H,11-12H2,1-2H3;1H. The largest absolute Gasteiger partial charge is 0.422 e. The second-order valence-electron chi connectivity index (χ2n) is 6.71. The molecule has 0 atom stereocenters. The van der Waals surface area contributed by atoms with Gasteiger partial charge >= 0.3 is 5.63 Å². The molecule has 1 amide bonds. The van der Waals surface area contributed by atoms with Crippen LogP contribution in [0.4, 0.5) is 5.13 Å². The molecule has 4 aromatic rings. The summed E-state index contributed by atoms with van der Waals surface area (Å²) in [5.74, 6) is -0.402. The van der Waals surface area contributed by atoms with Crippen LogP contribution in [0.15, 0.2) is 63.8 Å². The first-order chi connectivity index (χ1) is 13.5. The zero-order chi connectivity index (χ0) is 19.7. The lowest BCUT2D eigenvalue weighted by molar-refractivity contribution is 0.0982. The highest BCUT2D eigenvalue weighted by molar-refractivity contribution is 7.22. The normalized spacial score (nSPS) is 11.0. The van der Waals surface area contributed by atoms with Gasteiger partial charge in [-0.05, 0) is 38.4 Å². The van der Waals surface area contributed by atoms with Crippen molar-refractivity contribution in [3.8, 4) is 0 Å². The van der Waals surface area contributed by atoms with E-state index in [-0.39, 0.29) is 18.0 Å². The number of carbonyl (C=O) groups is 1. The Balaban J connectivity index is 0.00000240. The number of amides is 1. The number of para-hydroxylation sites is 2. The van der Waals surface area contributed by atoms with Crippen molar-refractivity contribution in [1.82, 2.24) is 9.88 Å². The monoisotopic (exact) mass is 429 g/mol. The Morgan fingerprint density at radius 3 is 2.55 bits per heavy atom. The third kappa shape index (κ3) is 4.32. The Morgan fingerprint density at radius 1 is 1.07 bits per heavy atom. The molecule has 0 unspecified atom stereocenters. The van der Waals surface area contributed by atoms with Crippen LogP contribution in [-0.4, -0.2) is 43.0 Å². The fraction of sp³-hybridized carbons (Fsp3) is 0.190. The van der Waals surface area contributed by atoms with E-state index < -0.39 is 11.5 Å². The predicted octanol–water partition coefficient (Wildman–Crippen LogP) is 4.03. The maximum absolute atomic E-state index is 13.3. The van der Waals surface area contributed by atoms with Gasteiger partial charge in [0.05, 0.1) is 10.2 Å². The predicted molar refractivity (Wildman–Crippen MR) is 120 cm³/mol. The number of carbonyl (C=O) groups excluding carboxylic acids is 1. The molecule has 0 bridgehead atoms. The number of halogens is 1. The first kappa shape index (κ1) is 21.0. The molecule has 0 aliphatic carbocycles. The number of hydrogen-bond acceptors (Lipinski definition) is 6. The molecule has 0 spiro atoms. The topological polar surface area (TPSA) is 66.7 Å².